The van der Waals surface area contributed by atoms with Crippen molar-refractivity contribution < 1.29 is 9.53 Å². The van der Waals surface area contributed by atoms with Crippen molar-refractivity contribution in [3.8, 4) is 0 Å². The van der Waals surface area contributed by atoms with E-state index in [0.29, 0.717) is 32.3 Å². The first-order valence-corrected chi connectivity index (χ1v) is 10.5. The van der Waals surface area contributed by atoms with Gasteiger partial charge in [-0.1, -0.05) is 65.3 Å². The second-order valence-corrected chi connectivity index (χ2v) is 7.78. The van der Waals surface area contributed by atoms with Crippen molar-refractivity contribution in [2.75, 3.05) is 37.7 Å². The third kappa shape index (κ3) is 3.82. The van der Waals surface area contributed by atoms with E-state index in [2.05, 4.69) is 64.9 Å². The minimum absolute atomic E-state index is 0.0361. The second kappa shape index (κ2) is 8.31. The van der Waals surface area contributed by atoms with Crippen molar-refractivity contribution in [1.82, 2.24) is 25.1 Å². The average molecular weight is 416 g/mol. The third-order valence-corrected chi connectivity index (χ3v) is 5.73. The van der Waals surface area contributed by atoms with Crippen LogP contribution < -0.4 is 4.90 Å². The van der Waals surface area contributed by atoms with E-state index in [-0.39, 0.29) is 18.5 Å². The summed E-state index contributed by atoms with van der Waals surface area (Å²) in [7, 11) is 0. The number of ether oxygens (including phenoxy) is 1. The lowest BCUT2D eigenvalue weighted by Crippen LogP contribution is -2.46. The molecule has 8 heteroatoms. The van der Waals surface area contributed by atoms with Crippen LogP contribution in [0, 0.1) is 6.92 Å². The van der Waals surface area contributed by atoms with Gasteiger partial charge in [-0.25, -0.2) is 0 Å². The molecule has 8 nitrogen and oxygen atoms in total. The summed E-state index contributed by atoms with van der Waals surface area (Å²) in [5, 5.41) is 12.5. The standard InChI is InChI=1S/C23H24N6O2/c1-17-7-9-19(10-8-17)20-15-21(18-5-3-2-4-6-18)29-23(24-25-26-29)28(20)16-22(30)27-11-13-31-14-12-27/h2-10,15,21H,11-14,16H2,1H3/t21-/m0/s1. The van der Waals surface area contributed by atoms with E-state index in [1.807, 2.05) is 28.0 Å². The Kier molecular flexibility index (Phi) is 5.21. The SMILES string of the molecule is Cc1ccc(C2=C[C@@H](c3ccccc3)n3nnnc3N2CC(=O)N2CCOCC2)cc1. The predicted octanol–water partition coefficient (Wildman–Crippen LogP) is 2.29. The Labute approximate surface area is 180 Å². The molecular formula is C23H24N6O2. The quantitative estimate of drug-likeness (QED) is 0.650. The second-order valence-electron chi connectivity index (χ2n) is 7.78. The lowest BCUT2D eigenvalue weighted by atomic mass is 10.00. The highest BCUT2D eigenvalue weighted by atomic mass is 16.5. The Bertz CT molecular complexity index is 1090. The summed E-state index contributed by atoms with van der Waals surface area (Å²) in [6.45, 7) is 4.58. The average Bonchev–Trinajstić information content (AvgIpc) is 3.31. The van der Waals surface area contributed by atoms with Crippen molar-refractivity contribution in [2.24, 2.45) is 0 Å². The molecule has 3 aromatic rings. The Hall–Kier alpha value is -3.52. The summed E-state index contributed by atoms with van der Waals surface area (Å²) < 4.78 is 7.17. The number of amides is 1. The topological polar surface area (TPSA) is 76.4 Å². The molecule has 0 unspecified atom stereocenters. The number of fused-ring (bicyclic) bond motifs is 1. The predicted molar refractivity (Wildman–Crippen MR) is 116 cm³/mol. The van der Waals surface area contributed by atoms with Crippen molar-refractivity contribution in [1.29, 1.82) is 0 Å². The van der Waals surface area contributed by atoms with E-state index in [1.165, 1.54) is 5.56 Å². The number of anilines is 1. The number of morpholine rings is 1. The van der Waals surface area contributed by atoms with Crippen LogP contribution >= 0.6 is 0 Å². The van der Waals surface area contributed by atoms with Gasteiger partial charge in [0.2, 0.25) is 5.91 Å². The Morgan fingerprint density at radius 1 is 1.06 bits per heavy atom. The lowest BCUT2D eigenvalue weighted by Gasteiger charge is -2.34. The van der Waals surface area contributed by atoms with Gasteiger partial charge in [0.15, 0.2) is 0 Å². The van der Waals surface area contributed by atoms with E-state index in [0.717, 1.165) is 16.8 Å². The van der Waals surface area contributed by atoms with Crippen molar-refractivity contribution in [3.63, 3.8) is 0 Å². The molecule has 1 atom stereocenters. The molecule has 0 spiro atoms. The number of nitrogens with zero attached hydrogens (tertiary/aromatic N) is 6. The summed E-state index contributed by atoms with van der Waals surface area (Å²) in [5.41, 5.74) is 4.22. The number of rotatable bonds is 4. The smallest absolute Gasteiger partial charge is 0.251 e. The molecule has 31 heavy (non-hydrogen) atoms. The molecular weight excluding hydrogens is 392 g/mol. The number of benzene rings is 2. The first-order chi connectivity index (χ1) is 15.2. The molecule has 3 heterocycles. The molecule has 0 saturated carbocycles. The van der Waals surface area contributed by atoms with Crippen LogP contribution in [0.15, 0.2) is 60.7 Å². The largest absolute Gasteiger partial charge is 0.378 e. The summed E-state index contributed by atoms with van der Waals surface area (Å²) in [6, 6.07) is 18.3. The minimum atomic E-state index is -0.155. The number of aryl methyl sites for hydroxylation is 1. The molecule has 2 aliphatic heterocycles. The minimum Gasteiger partial charge on any atom is -0.378 e. The van der Waals surface area contributed by atoms with E-state index >= 15 is 0 Å². The number of hydrogen-bond acceptors (Lipinski definition) is 6. The molecule has 2 aliphatic rings. The van der Waals surface area contributed by atoms with Gasteiger partial charge in [0.05, 0.1) is 18.9 Å². The van der Waals surface area contributed by atoms with Crippen molar-refractivity contribution in [3.05, 3.63) is 77.4 Å². The lowest BCUT2D eigenvalue weighted by molar-refractivity contribution is -0.133. The molecule has 1 amide bonds. The highest BCUT2D eigenvalue weighted by Crippen LogP contribution is 2.36. The third-order valence-electron chi connectivity index (χ3n) is 5.73. The highest BCUT2D eigenvalue weighted by Gasteiger charge is 2.33. The number of hydrogen-bond donors (Lipinski definition) is 0. The zero-order valence-corrected chi connectivity index (χ0v) is 17.4. The molecule has 1 fully saturated rings. The molecule has 2 aromatic carbocycles. The van der Waals surface area contributed by atoms with Gasteiger partial charge in [0.1, 0.15) is 12.6 Å². The van der Waals surface area contributed by atoms with Gasteiger partial charge in [-0.05, 0) is 34.6 Å². The van der Waals surface area contributed by atoms with Gasteiger partial charge in [0, 0.05) is 13.1 Å². The van der Waals surface area contributed by atoms with Gasteiger partial charge in [-0.15, -0.1) is 0 Å². The zero-order valence-electron chi connectivity index (χ0n) is 17.4. The number of tetrazole rings is 1. The molecule has 158 valence electrons. The van der Waals surface area contributed by atoms with E-state index in [4.69, 9.17) is 4.74 Å². The van der Waals surface area contributed by atoms with Crippen molar-refractivity contribution in [2.45, 2.75) is 13.0 Å². The van der Waals surface area contributed by atoms with Crippen LogP contribution in [-0.4, -0.2) is 63.9 Å². The summed E-state index contributed by atoms with van der Waals surface area (Å²) in [6.07, 6.45) is 2.13. The van der Waals surface area contributed by atoms with Gasteiger partial charge in [0.25, 0.3) is 5.95 Å². The molecule has 5 rings (SSSR count). The number of allylic oxidation sites excluding steroid dienone is 1. The Morgan fingerprint density at radius 3 is 2.55 bits per heavy atom. The van der Waals surface area contributed by atoms with E-state index in [1.54, 1.807) is 4.68 Å². The normalized spacial score (nSPS) is 18.5. The van der Waals surface area contributed by atoms with Gasteiger partial charge in [-0.3, -0.25) is 9.69 Å². The Morgan fingerprint density at radius 2 is 1.81 bits per heavy atom. The maximum absolute atomic E-state index is 13.1. The number of carbonyl (C=O) groups is 1. The van der Waals surface area contributed by atoms with E-state index < -0.39 is 0 Å². The summed E-state index contributed by atoms with van der Waals surface area (Å²) in [5.74, 6) is 0.600. The highest BCUT2D eigenvalue weighted by molar-refractivity contribution is 5.89. The zero-order chi connectivity index (χ0) is 21.2. The fourth-order valence-electron chi connectivity index (χ4n) is 4.03. The monoisotopic (exact) mass is 416 g/mol. The Balaban J connectivity index is 1.56. The summed E-state index contributed by atoms with van der Waals surface area (Å²) in [4.78, 5) is 16.9. The van der Waals surface area contributed by atoms with Crippen LogP contribution in [0.5, 0.6) is 0 Å². The van der Waals surface area contributed by atoms with Crippen LogP contribution in [0.25, 0.3) is 5.70 Å². The maximum Gasteiger partial charge on any atom is 0.251 e. The molecule has 0 N–H and O–H groups in total. The van der Waals surface area contributed by atoms with Gasteiger partial charge < -0.3 is 9.64 Å². The summed E-state index contributed by atoms with van der Waals surface area (Å²) >= 11 is 0. The van der Waals surface area contributed by atoms with Gasteiger partial charge >= 0.3 is 0 Å². The molecule has 0 radical (unpaired) electrons. The van der Waals surface area contributed by atoms with Crippen molar-refractivity contribution >= 4 is 17.6 Å². The van der Waals surface area contributed by atoms with Gasteiger partial charge in [-0.2, -0.15) is 4.68 Å². The first kappa shape index (κ1) is 19.4. The van der Waals surface area contributed by atoms with Crippen LogP contribution in [0.3, 0.4) is 0 Å². The number of carbonyl (C=O) groups excluding carboxylic acids is 1. The maximum atomic E-state index is 13.1. The molecule has 1 saturated heterocycles. The number of aromatic nitrogens is 4. The van der Waals surface area contributed by atoms with Crippen LogP contribution in [-0.2, 0) is 9.53 Å². The molecule has 0 bridgehead atoms. The first-order valence-electron chi connectivity index (χ1n) is 10.5. The fourth-order valence-corrected chi connectivity index (χ4v) is 4.03. The molecule has 0 aliphatic carbocycles. The van der Waals surface area contributed by atoms with Crippen LogP contribution in [0.4, 0.5) is 5.95 Å². The fraction of sp³-hybridized carbons (Fsp3) is 0.304. The molecule has 1 aromatic heterocycles. The van der Waals surface area contributed by atoms with Crippen LogP contribution in [0.1, 0.15) is 22.7 Å². The van der Waals surface area contributed by atoms with Crippen LogP contribution in [0.2, 0.25) is 0 Å². The van der Waals surface area contributed by atoms with E-state index in [9.17, 15) is 4.79 Å².